The Labute approximate surface area is 398 Å². The number of allylic oxidation sites excluding steroid dienone is 5. The third kappa shape index (κ3) is 6.69. The van der Waals surface area contributed by atoms with Crippen LogP contribution >= 0.6 is 0 Å². The summed E-state index contributed by atoms with van der Waals surface area (Å²) in [6.45, 7) is 6.93. The van der Waals surface area contributed by atoms with Crippen LogP contribution in [0, 0.1) is 0 Å². The van der Waals surface area contributed by atoms with Crippen molar-refractivity contribution in [3.05, 3.63) is 234 Å². The van der Waals surface area contributed by atoms with E-state index in [9.17, 15) is 0 Å². The van der Waals surface area contributed by atoms with Crippen LogP contribution in [0.25, 0.3) is 44.6 Å². The molecule has 0 spiro atoms. The van der Waals surface area contributed by atoms with Crippen molar-refractivity contribution in [2.45, 2.75) is 51.5 Å². The van der Waals surface area contributed by atoms with Crippen LogP contribution in [0.4, 0.5) is 28.4 Å². The van der Waals surface area contributed by atoms with E-state index < -0.39 is 0 Å². The predicted molar refractivity (Wildman–Crippen MR) is 283 cm³/mol. The fourth-order valence-electron chi connectivity index (χ4n) is 11.1. The molecule has 2 aromatic heterocycles. The standard InChI is InChI=1S/C62H50BN3O2/c1-62(2,3)45-29-35-48(36-30-45)64(47-31-25-41(26-32-47)59-37-43-15-7-13-23-57(43)67-59)50-39-55-61-56(40-50)66(49-33-27-42(28-34-49)60-38-44-16-8-14-24-58(44)68-60)54-22-12-10-20-52(54)63(61)51-19-9-11-21-53(51)65(55)46-17-5-4-6-18-46/h4-5,7-17,19-39,50H,6,18,40H2,1-3H3. The fraction of sp³-hybridized carbons (Fsp3) is 0.129. The van der Waals surface area contributed by atoms with E-state index in [2.05, 4.69) is 218 Å². The second-order valence-corrected chi connectivity index (χ2v) is 19.6. The van der Waals surface area contributed by atoms with E-state index in [1.807, 2.05) is 24.3 Å². The molecule has 13 rings (SSSR count). The van der Waals surface area contributed by atoms with Crippen LogP contribution in [0.2, 0.25) is 0 Å². The Hall–Kier alpha value is -7.96. The van der Waals surface area contributed by atoms with Crippen LogP contribution in [0.1, 0.15) is 45.6 Å². The first-order chi connectivity index (χ1) is 33.3. The molecule has 328 valence electrons. The average molecular weight is 880 g/mol. The Bertz CT molecular complexity index is 3480. The summed E-state index contributed by atoms with van der Waals surface area (Å²) < 4.78 is 12.8. The van der Waals surface area contributed by atoms with Crippen LogP contribution in [-0.4, -0.2) is 12.8 Å². The SMILES string of the molecule is CC(C)(C)c1ccc(N(c2ccc(-c3cc4ccccc4o3)cc2)C2C=C3C4=C(C2)N(c2ccc(-c5cc6ccccc6o5)cc2)c2ccccc2B4c2ccccc2N3C2=CC=CCC2)cc1. The third-order valence-electron chi connectivity index (χ3n) is 14.4. The predicted octanol–water partition coefficient (Wildman–Crippen LogP) is 14.9. The fourth-order valence-corrected chi connectivity index (χ4v) is 11.1. The van der Waals surface area contributed by atoms with Gasteiger partial charge in [-0.05, 0) is 149 Å². The van der Waals surface area contributed by atoms with Gasteiger partial charge in [-0.1, -0.05) is 118 Å². The average Bonchev–Trinajstić information content (AvgIpc) is 4.02. The highest BCUT2D eigenvalue weighted by atomic mass is 16.3. The molecular formula is C62H50BN3O2. The molecule has 1 unspecified atom stereocenters. The zero-order chi connectivity index (χ0) is 45.5. The van der Waals surface area contributed by atoms with Crippen LogP contribution in [0.5, 0.6) is 0 Å². The number of hydrogen-bond acceptors (Lipinski definition) is 5. The zero-order valence-corrected chi connectivity index (χ0v) is 38.6. The lowest BCUT2D eigenvalue weighted by molar-refractivity contribution is 0.590. The second kappa shape index (κ2) is 15.8. The van der Waals surface area contributed by atoms with E-state index in [1.54, 1.807) is 0 Å². The first-order valence-corrected chi connectivity index (χ1v) is 24.0. The van der Waals surface area contributed by atoms with E-state index in [1.165, 1.54) is 50.4 Å². The number of anilines is 5. The normalized spacial score (nSPS) is 16.4. The highest BCUT2D eigenvalue weighted by molar-refractivity contribution is 6.94. The molecular weight excluding hydrogens is 830 g/mol. The molecule has 4 heterocycles. The van der Waals surface area contributed by atoms with Crippen molar-refractivity contribution in [1.29, 1.82) is 0 Å². The Kier molecular flexibility index (Phi) is 9.40. The van der Waals surface area contributed by atoms with Gasteiger partial charge in [0.25, 0.3) is 6.71 Å². The summed E-state index contributed by atoms with van der Waals surface area (Å²) in [5.74, 6) is 1.74. The van der Waals surface area contributed by atoms with Crippen LogP contribution in [0.3, 0.4) is 0 Å². The summed E-state index contributed by atoms with van der Waals surface area (Å²) in [5, 5.41) is 2.21. The van der Waals surface area contributed by atoms with E-state index in [0.717, 1.165) is 80.9 Å². The van der Waals surface area contributed by atoms with Crippen molar-refractivity contribution in [3.8, 4) is 22.6 Å². The molecule has 2 aliphatic heterocycles. The summed E-state index contributed by atoms with van der Waals surface area (Å²) in [6.07, 6.45) is 12.2. The molecule has 0 saturated heterocycles. The van der Waals surface area contributed by atoms with Crippen molar-refractivity contribution in [2.75, 3.05) is 14.7 Å². The minimum atomic E-state index is -0.0583. The van der Waals surface area contributed by atoms with E-state index in [-0.39, 0.29) is 18.2 Å². The number of para-hydroxylation sites is 4. The summed E-state index contributed by atoms with van der Waals surface area (Å²) in [4.78, 5) is 7.73. The monoisotopic (exact) mass is 879 g/mol. The molecule has 0 amide bonds. The van der Waals surface area contributed by atoms with Gasteiger partial charge in [0.15, 0.2) is 0 Å². The van der Waals surface area contributed by atoms with Gasteiger partial charge in [-0.25, -0.2) is 0 Å². The number of nitrogens with zero attached hydrogens (tertiary/aromatic N) is 3. The molecule has 9 aromatic rings. The molecule has 0 fully saturated rings. The van der Waals surface area contributed by atoms with Crippen molar-refractivity contribution >= 4 is 68.0 Å². The topological polar surface area (TPSA) is 36.0 Å². The minimum absolute atomic E-state index is 0.0211. The van der Waals surface area contributed by atoms with E-state index in [4.69, 9.17) is 8.83 Å². The van der Waals surface area contributed by atoms with Crippen molar-refractivity contribution in [3.63, 3.8) is 0 Å². The maximum atomic E-state index is 6.38. The Balaban J connectivity index is 1.01. The number of hydrogen-bond donors (Lipinski definition) is 0. The van der Waals surface area contributed by atoms with Crippen molar-refractivity contribution in [2.24, 2.45) is 0 Å². The van der Waals surface area contributed by atoms with Crippen molar-refractivity contribution in [1.82, 2.24) is 0 Å². The second-order valence-electron chi connectivity index (χ2n) is 19.6. The van der Waals surface area contributed by atoms with Gasteiger partial charge in [0, 0.05) is 73.8 Å². The maximum absolute atomic E-state index is 6.38. The van der Waals surface area contributed by atoms with Crippen LogP contribution in [0.15, 0.2) is 238 Å². The summed E-state index contributed by atoms with van der Waals surface area (Å²) in [6, 6.07) is 66.2. The lowest BCUT2D eigenvalue weighted by atomic mass is 9.32. The molecule has 68 heavy (non-hydrogen) atoms. The Morgan fingerprint density at radius 2 is 1.13 bits per heavy atom. The molecule has 7 aromatic carbocycles. The summed E-state index contributed by atoms with van der Waals surface area (Å²) in [5.41, 5.74) is 19.0. The van der Waals surface area contributed by atoms with E-state index >= 15 is 0 Å². The summed E-state index contributed by atoms with van der Waals surface area (Å²) in [7, 11) is 0. The summed E-state index contributed by atoms with van der Waals surface area (Å²) >= 11 is 0. The maximum Gasteiger partial charge on any atom is 0.251 e. The number of rotatable bonds is 7. The molecule has 5 nitrogen and oxygen atoms in total. The molecule has 2 aliphatic carbocycles. The Morgan fingerprint density at radius 1 is 0.588 bits per heavy atom. The smallest absolute Gasteiger partial charge is 0.251 e. The number of furan rings is 2. The van der Waals surface area contributed by atoms with Crippen LogP contribution in [-0.2, 0) is 5.41 Å². The quantitative estimate of drug-likeness (QED) is 0.149. The Morgan fingerprint density at radius 3 is 1.71 bits per heavy atom. The number of benzene rings is 7. The van der Waals surface area contributed by atoms with Gasteiger partial charge in [0.2, 0.25) is 0 Å². The highest BCUT2D eigenvalue weighted by Gasteiger charge is 2.48. The molecule has 0 N–H and O–H groups in total. The van der Waals surface area contributed by atoms with Gasteiger partial charge in [0.1, 0.15) is 22.7 Å². The largest absolute Gasteiger partial charge is 0.456 e. The van der Waals surface area contributed by atoms with E-state index in [0.29, 0.717) is 0 Å². The third-order valence-corrected chi connectivity index (χ3v) is 14.4. The van der Waals surface area contributed by atoms with Crippen LogP contribution < -0.4 is 25.6 Å². The van der Waals surface area contributed by atoms with Gasteiger partial charge in [0.05, 0.1) is 6.04 Å². The van der Waals surface area contributed by atoms with Crippen molar-refractivity contribution < 1.29 is 8.83 Å². The molecule has 6 heteroatoms. The van der Waals surface area contributed by atoms with Gasteiger partial charge in [-0.2, -0.15) is 0 Å². The molecule has 0 bridgehead atoms. The zero-order valence-electron chi connectivity index (χ0n) is 38.6. The lowest BCUT2D eigenvalue weighted by Gasteiger charge is -2.50. The highest BCUT2D eigenvalue weighted by Crippen LogP contribution is 2.49. The van der Waals surface area contributed by atoms with Gasteiger partial charge >= 0.3 is 0 Å². The molecule has 1 atom stereocenters. The van der Waals surface area contributed by atoms with Gasteiger partial charge in [-0.3, -0.25) is 0 Å². The molecule has 0 radical (unpaired) electrons. The first kappa shape index (κ1) is 40.3. The minimum Gasteiger partial charge on any atom is -0.456 e. The lowest BCUT2D eigenvalue weighted by Crippen LogP contribution is -2.58. The van der Waals surface area contributed by atoms with Gasteiger partial charge in [-0.15, -0.1) is 0 Å². The number of fused-ring (bicyclic) bond motifs is 6. The van der Waals surface area contributed by atoms with Gasteiger partial charge < -0.3 is 23.5 Å². The first-order valence-electron chi connectivity index (χ1n) is 24.0. The molecule has 4 aliphatic rings. The molecule has 0 saturated carbocycles.